The van der Waals surface area contributed by atoms with Crippen molar-refractivity contribution in [2.75, 3.05) is 18.0 Å². The zero-order valence-electron chi connectivity index (χ0n) is 21.0. The molecule has 0 aliphatic carbocycles. The Morgan fingerprint density at radius 2 is 1.92 bits per heavy atom. The normalized spacial score (nSPS) is 20.6. The van der Waals surface area contributed by atoms with Crippen LogP contribution in [0.15, 0.2) is 59.4 Å². The number of benzene rings is 1. The highest BCUT2D eigenvalue weighted by Crippen LogP contribution is 2.33. The van der Waals surface area contributed by atoms with Gasteiger partial charge in [-0.3, -0.25) is 19.5 Å². The molecule has 2 aliphatic heterocycles. The number of carbonyl (C=O) groups excluding carboxylic acids is 2. The quantitative estimate of drug-likeness (QED) is 0.552. The lowest BCUT2D eigenvalue weighted by Gasteiger charge is -2.33. The molecule has 1 saturated heterocycles. The highest BCUT2D eigenvalue weighted by molar-refractivity contribution is 5.94. The van der Waals surface area contributed by atoms with Crippen LogP contribution in [0.3, 0.4) is 0 Å². The van der Waals surface area contributed by atoms with Gasteiger partial charge in [0.25, 0.3) is 5.91 Å². The van der Waals surface area contributed by atoms with Crippen LogP contribution in [0.2, 0.25) is 0 Å². The van der Waals surface area contributed by atoms with E-state index in [0.29, 0.717) is 43.6 Å². The van der Waals surface area contributed by atoms with E-state index in [1.165, 1.54) is 0 Å². The van der Waals surface area contributed by atoms with E-state index in [4.69, 9.17) is 4.52 Å². The number of aryl methyl sites for hydroxylation is 1. The molecular formula is C28H33N5O3. The van der Waals surface area contributed by atoms with Gasteiger partial charge in [-0.1, -0.05) is 36.3 Å². The van der Waals surface area contributed by atoms with Crippen LogP contribution in [-0.4, -0.2) is 56.9 Å². The summed E-state index contributed by atoms with van der Waals surface area (Å²) in [5.41, 5.74) is 3.31. The molecule has 188 valence electrons. The summed E-state index contributed by atoms with van der Waals surface area (Å²) >= 11 is 0. The van der Waals surface area contributed by atoms with E-state index in [-0.39, 0.29) is 17.9 Å². The van der Waals surface area contributed by atoms with Gasteiger partial charge in [-0.05, 0) is 42.5 Å². The maximum Gasteiger partial charge on any atom is 0.276 e. The minimum atomic E-state index is -0.147. The van der Waals surface area contributed by atoms with Crippen molar-refractivity contribution >= 4 is 17.5 Å². The highest BCUT2D eigenvalue weighted by atomic mass is 16.5. The van der Waals surface area contributed by atoms with Crippen molar-refractivity contribution in [1.29, 1.82) is 0 Å². The molecule has 36 heavy (non-hydrogen) atoms. The van der Waals surface area contributed by atoms with Gasteiger partial charge in [0.15, 0.2) is 5.69 Å². The van der Waals surface area contributed by atoms with Crippen molar-refractivity contribution in [2.24, 2.45) is 0 Å². The lowest BCUT2D eigenvalue weighted by atomic mass is 10.1. The molecule has 0 radical (unpaired) electrons. The first-order valence-corrected chi connectivity index (χ1v) is 12.8. The number of hydrogen-bond donors (Lipinski definition) is 0. The smallest absolute Gasteiger partial charge is 0.276 e. The SMILES string of the molecule is CCc1cc(C(=O)N2Cc3ccccc3N(C(C)=O)CCC3CCC(C2)N3Cc2cccnc2)no1. The van der Waals surface area contributed by atoms with Gasteiger partial charge >= 0.3 is 0 Å². The monoisotopic (exact) mass is 487 g/mol. The molecule has 0 spiro atoms. The number of rotatable bonds is 4. The lowest BCUT2D eigenvalue weighted by Crippen LogP contribution is -2.45. The van der Waals surface area contributed by atoms with Crippen molar-refractivity contribution in [3.8, 4) is 0 Å². The molecule has 2 bridgehead atoms. The molecule has 2 aliphatic rings. The Morgan fingerprint density at radius 3 is 2.67 bits per heavy atom. The molecule has 0 N–H and O–H groups in total. The van der Waals surface area contributed by atoms with Gasteiger partial charge in [-0.25, -0.2) is 0 Å². The van der Waals surface area contributed by atoms with Crippen molar-refractivity contribution < 1.29 is 14.1 Å². The Kier molecular flexibility index (Phi) is 7.13. The Labute approximate surface area is 211 Å². The first-order chi connectivity index (χ1) is 17.5. The molecular weight excluding hydrogens is 454 g/mol. The third kappa shape index (κ3) is 5.04. The van der Waals surface area contributed by atoms with E-state index >= 15 is 0 Å². The average Bonchev–Trinajstić information content (AvgIpc) is 3.51. The fraction of sp³-hybridized carbons (Fsp3) is 0.429. The third-order valence-electron chi connectivity index (χ3n) is 7.41. The Morgan fingerprint density at radius 1 is 1.08 bits per heavy atom. The van der Waals surface area contributed by atoms with E-state index in [9.17, 15) is 9.59 Å². The van der Waals surface area contributed by atoms with Gasteiger partial charge in [0.1, 0.15) is 5.76 Å². The summed E-state index contributed by atoms with van der Waals surface area (Å²) in [6.45, 7) is 5.98. The zero-order chi connectivity index (χ0) is 25.1. The Hall–Kier alpha value is -3.52. The largest absolute Gasteiger partial charge is 0.361 e. The van der Waals surface area contributed by atoms with E-state index in [2.05, 4.69) is 21.1 Å². The van der Waals surface area contributed by atoms with Crippen LogP contribution >= 0.6 is 0 Å². The second-order valence-electron chi connectivity index (χ2n) is 9.72. The summed E-state index contributed by atoms with van der Waals surface area (Å²) in [5, 5.41) is 4.07. The van der Waals surface area contributed by atoms with Crippen molar-refractivity contribution in [1.82, 2.24) is 19.9 Å². The maximum absolute atomic E-state index is 13.7. The number of para-hydroxylation sites is 1. The number of nitrogens with zero attached hydrogens (tertiary/aromatic N) is 5. The number of anilines is 1. The fourth-order valence-corrected chi connectivity index (χ4v) is 5.54. The summed E-state index contributed by atoms with van der Waals surface area (Å²) < 4.78 is 5.36. The topological polar surface area (TPSA) is 82.8 Å². The van der Waals surface area contributed by atoms with Gasteiger partial charge in [0.2, 0.25) is 5.91 Å². The van der Waals surface area contributed by atoms with Crippen molar-refractivity contribution in [2.45, 2.75) is 64.7 Å². The van der Waals surface area contributed by atoms with E-state index in [0.717, 1.165) is 42.6 Å². The molecule has 2 unspecified atom stereocenters. The van der Waals surface area contributed by atoms with Gasteiger partial charge < -0.3 is 14.3 Å². The maximum atomic E-state index is 13.7. The summed E-state index contributed by atoms with van der Waals surface area (Å²) in [7, 11) is 0. The number of carbonyl (C=O) groups is 2. The number of pyridine rings is 1. The number of aromatic nitrogens is 2. The van der Waals surface area contributed by atoms with Gasteiger partial charge in [-0.15, -0.1) is 0 Å². The minimum Gasteiger partial charge on any atom is -0.361 e. The van der Waals surface area contributed by atoms with E-state index in [1.54, 1.807) is 19.2 Å². The molecule has 3 aromatic rings. The molecule has 2 atom stereocenters. The van der Waals surface area contributed by atoms with Gasteiger partial charge in [-0.2, -0.15) is 0 Å². The van der Waals surface area contributed by atoms with Crippen molar-refractivity contribution in [3.05, 3.63) is 77.4 Å². The predicted molar refractivity (Wildman–Crippen MR) is 136 cm³/mol. The summed E-state index contributed by atoms with van der Waals surface area (Å²) in [5.74, 6) is 0.558. The zero-order valence-corrected chi connectivity index (χ0v) is 21.0. The molecule has 5 rings (SSSR count). The van der Waals surface area contributed by atoms with Gasteiger partial charge in [0.05, 0.1) is 0 Å². The molecule has 4 heterocycles. The molecule has 2 aromatic heterocycles. The first-order valence-electron chi connectivity index (χ1n) is 12.8. The van der Waals surface area contributed by atoms with Crippen LogP contribution in [-0.2, 0) is 24.3 Å². The minimum absolute atomic E-state index is 0.0111. The van der Waals surface area contributed by atoms with Crippen LogP contribution in [0.25, 0.3) is 0 Å². The van der Waals surface area contributed by atoms with Crippen LogP contribution in [0, 0.1) is 0 Å². The second kappa shape index (κ2) is 10.6. The predicted octanol–water partition coefficient (Wildman–Crippen LogP) is 4.06. The molecule has 2 amide bonds. The van der Waals surface area contributed by atoms with Crippen LogP contribution in [0.1, 0.15) is 60.5 Å². The second-order valence-corrected chi connectivity index (χ2v) is 9.72. The third-order valence-corrected chi connectivity index (χ3v) is 7.41. The van der Waals surface area contributed by atoms with Gasteiger partial charge in [0, 0.05) is 75.8 Å². The van der Waals surface area contributed by atoms with Crippen LogP contribution in [0.4, 0.5) is 5.69 Å². The standard InChI is InChI=1S/C28H33N5O3/c1-3-25-15-26(30-36-25)28(35)31-18-22-8-4-5-9-27(22)32(20(2)34)14-12-23-10-11-24(19-31)33(23)17-21-7-6-13-29-16-21/h4-9,13,15-16,23-24H,3,10-12,14,17-19H2,1-2H3. The fourth-order valence-electron chi connectivity index (χ4n) is 5.54. The highest BCUT2D eigenvalue weighted by Gasteiger charge is 2.37. The summed E-state index contributed by atoms with van der Waals surface area (Å²) in [6, 6.07) is 14.2. The number of fused-ring (bicyclic) bond motifs is 3. The van der Waals surface area contributed by atoms with Crippen molar-refractivity contribution in [3.63, 3.8) is 0 Å². The van der Waals surface area contributed by atoms with Crippen LogP contribution < -0.4 is 4.90 Å². The summed E-state index contributed by atoms with van der Waals surface area (Å²) in [4.78, 5) is 37.1. The molecule has 1 aromatic carbocycles. The average molecular weight is 488 g/mol. The van der Waals surface area contributed by atoms with E-state index in [1.807, 2.05) is 53.3 Å². The molecule has 0 saturated carbocycles. The molecule has 8 nitrogen and oxygen atoms in total. The summed E-state index contributed by atoms with van der Waals surface area (Å²) in [6.07, 6.45) is 7.28. The number of amides is 2. The Bertz CT molecular complexity index is 1210. The molecule has 1 fully saturated rings. The first kappa shape index (κ1) is 24.2. The van der Waals surface area contributed by atoms with Crippen LogP contribution in [0.5, 0.6) is 0 Å². The lowest BCUT2D eigenvalue weighted by molar-refractivity contribution is -0.116. The Balaban J connectivity index is 1.53. The molecule has 8 heteroatoms. The van der Waals surface area contributed by atoms with E-state index < -0.39 is 0 Å². The number of hydrogen-bond acceptors (Lipinski definition) is 6.